The Morgan fingerprint density at radius 2 is 1.94 bits per heavy atom. The van der Waals surface area contributed by atoms with Gasteiger partial charge in [-0.1, -0.05) is 49.0 Å². The summed E-state index contributed by atoms with van der Waals surface area (Å²) in [5, 5.41) is 12.8. The van der Waals surface area contributed by atoms with E-state index in [0.717, 1.165) is 17.3 Å². The van der Waals surface area contributed by atoms with Crippen molar-refractivity contribution in [1.29, 1.82) is 5.26 Å². The minimum Gasteiger partial charge on any atom is -0.379 e. The number of nitriles is 1. The van der Waals surface area contributed by atoms with Gasteiger partial charge in [0, 0.05) is 11.5 Å². The van der Waals surface area contributed by atoms with Crippen LogP contribution in [0, 0.1) is 11.3 Å². The number of anilines is 1. The number of aromatic nitrogens is 2. The van der Waals surface area contributed by atoms with Gasteiger partial charge in [-0.2, -0.15) is 23.0 Å². The van der Waals surface area contributed by atoms with Crippen LogP contribution < -0.4 is 9.50 Å². The highest BCUT2D eigenvalue weighted by Gasteiger charge is 2.16. The van der Waals surface area contributed by atoms with Gasteiger partial charge in [0.1, 0.15) is 22.3 Å². The van der Waals surface area contributed by atoms with Crippen molar-refractivity contribution in [2.24, 2.45) is 0 Å². The highest BCUT2D eigenvalue weighted by molar-refractivity contribution is 7.99. The van der Waals surface area contributed by atoms with Crippen LogP contribution in [0.25, 0.3) is 6.08 Å². The number of rotatable bonds is 8. The van der Waals surface area contributed by atoms with Crippen LogP contribution in [0.5, 0.6) is 5.75 Å². The van der Waals surface area contributed by atoms with Crippen LogP contribution >= 0.6 is 23.3 Å². The van der Waals surface area contributed by atoms with Crippen molar-refractivity contribution in [2.45, 2.75) is 17.0 Å². The Balaban J connectivity index is 1.70. The Bertz CT molecular complexity index is 1230. The molecule has 0 unspecified atom stereocenters. The third-order valence-corrected chi connectivity index (χ3v) is 6.43. The van der Waals surface area contributed by atoms with Crippen molar-refractivity contribution in [1.82, 2.24) is 9.36 Å². The summed E-state index contributed by atoms with van der Waals surface area (Å²) < 4.78 is 33.8. The third-order valence-electron chi connectivity index (χ3n) is 3.70. The maximum absolute atomic E-state index is 12.4. The van der Waals surface area contributed by atoms with E-state index < -0.39 is 16.0 Å². The van der Waals surface area contributed by atoms with Gasteiger partial charge in [0.05, 0.1) is 0 Å². The summed E-state index contributed by atoms with van der Waals surface area (Å²) in [6, 6.07) is 15.6. The van der Waals surface area contributed by atoms with Gasteiger partial charge >= 0.3 is 10.1 Å². The number of nitrogens with one attached hydrogen (secondary N) is 1. The Hall–Kier alpha value is -3.20. The largest absolute Gasteiger partial charge is 0.379 e. The lowest BCUT2D eigenvalue weighted by molar-refractivity contribution is -0.112. The number of nitrogens with zero attached hydrogens (tertiary/aromatic N) is 3. The molecule has 1 amide bonds. The van der Waals surface area contributed by atoms with E-state index in [-0.39, 0.29) is 16.2 Å². The van der Waals surface area contributed by atoms with E-state index in [1.165, 1.54) is 42.1 Å². The van der Waals surface area contributed by atoms with Crippen molar-refractivity contribution >= 4 is 50.5 Å². The molecule has 1 aromatic heterocycles. The number of thioether (sulfide) groups is 1. The predicted molar refractivity (Wildman–Crippen MR) is 119 cm³/mol. The number of carbonyl (C=O) groups excluding carboxylic acids is 1. The highest BCUT2D eigenvalue weighted by Crippen LogP contribution is 2.22. The number of benzene rings is 2. The Labute approximate surface area is 187 Å². The van der Waals surface area contributed by atoms with Crippen LogP contribution in [0.3, 0.4) is 0 Å². The van der Waals surface area contributed by atoms with Crippen molar-refractivity contribution in [3.8, 4) is 11.8 Å². The summed E-state index contributed by atoms with van der Waals surface area (Å²) in [7, 11) is -3.95. The van der Waals surface area contributed by atoms with Gasteiger partial charge in [-0.15, -0.1) is 0 Å². The molecule has 2 aromatic carbocycles. The van der Waals surface area contributed by atoms with E-state index in [9.17, 15) is 18.5 Å². The fourth-order valence-electron chi connectivity index (χ4n) is 2.31. The van der Waals surface area contributed by atoms with Crippen molar-refractivity contribution in [3.63, 3.8) is 0 Å². The van der Waals surface area contributed by atoms with Crippen molar-refractivity contribution < 1.29 is 17.4 Å². The van der Waals surface area contributed by atoms with E-state index in [4.69, 9.17) is 4.18 Å². The van der Waals surface area contributed by atoms with Crippen molar-refractivity contribution in [2.75, 3.05) is 11.1 Å². The summed E-state index contributed by atoms with van der Waals surface area (Å²) in [4.78, 5) is 16.6. The molecular formula is C20H16N4O4S3. The lowest BCUT2D eigenvalue weighted by Crippen LogP contribution is -2.13. The summed E-state index contributed by atoms with van der Waals surface area (Å²) in [6.07, 6.45) is 1.38. The molecule has 3 aromatic rings. The van der Waals surface area contributed by atoms with Crippen molar-refractivity contribution in [3.05, 3.63) is 65.7 Å². The maximum Gasteiger partial charge on any atom is 0.339 e. The summed E-state index contributed by atoms with van der Waals surface area (Å²) in [5.41, 5.74) is 0.390. The number of hydrogen-bond donors (Lipinski definition) is 1. The lowest BCUT2D eigenvalue weighted by atomic mass is 10.1. The molecular weight excluding hydrogens is 456 g/mol. The van der Waals surface area contributed by atoms with Gasteiger partial charge in [0.15, 0.2) is 0 Å². The zero-order chi connectivity index (χ0) is 22.3. The minimum absolute atomic E-state index is 0.0413. The second kappa shape index (κ2) is 10.2. The molecule has 1 N–H and O–H groups in total. The van der Waals surface area contributed by atoms with Crippen LogP contribution in [0.15, 0.2) is 70.2 Å². The number of carbonyl (C=O) groups is 1. The topological polar surface area (TPSA) is 122 Å². The first kappa shape index (κ1) is 22.5. The fraction of sp³-hybridized carbons (Fsp3) is 0.100. The SMILES string of the molecule is CCSc1nsc(NC(=O)/C(C#N)=C\c2ccc(OS(=O)(=O)c3ccccc3)cc2)n1. The zero-order valence-corrected chi connectivity index (χ0v) is 18.6. The minimum atomic E-state index is -3.95. The van der Waals surface area contributed by atoms with Gasteiger partial charge in [-0.05, 0) is 41.7 Å². The normalized spacial score (nSPS) is 11.5. The van der Waals surface area contributed by atoms with Gasteiger partial charge in [0.2, 0.25) is 10.3 Å². The van der Waals surface area contributed by atoms with Gasteiger partial charge in [-0.25, -0.2) is 0 Å². The lowest BCUT2D eigenvalue weighted by Gasteiger charge is -2.07. The summed E-state index contributed by atoms with van der Waals surface area (Å²) in [5.74, 6) is 0.303. The highest BCUT2D eigenvalue weighted by atomic mass is 32.2. The molecule has 0 fully saturated rings. The smallest absolute Gasteiger partial charge is 0.339 e. The number of hydrogen-bond acceptors (Lipinski definition) is 9. The van der Waals surface area contributed by atoms with Gasteiger partial charge in [0.25, 0.3) is 5.91 Å². The molecule has 0 bridgehead atoms. The van der Waals surface area contributed by atoms with Crippen LogP contribution in [0.4, 0.5) is 5.13 Å². The molecule has 0 saturated heterocycles. The second-order valence-electron chi connectivity index (χ2n) is 5.86. The molecule has 158 valence electrons. The maximum atomic E-state index is 12.4. The van der Waals surface area contributed by atoms with E-state index in [2.05, 4.69) is 14.7 Å². The van der Waals surface area contributed by atoms with Crippen LogP contribution in [-0.4, -0.2) is 29.4 Å². The first-order chi connectivity index (χ1) is 14.9. The van der Waals surface area contributed by atoms with Gasteiger partial charge < -0.3 is 4.18 Å². The molecule has 3 rings (SSSR count). The van der Waals surface area contributed by atoms with E-state index >= 15 is 0 Å². The zero-order valence-electron chi connectivity index (χ0n) is 16.2. The van der Waals surface area contributed by atoms with E-state index in [1.54, 1.807) is 30.3 Å². The average Bonchev–Trinajstić information content (AvgIpc) is 3.20. The summed E-state index contributed by atoms with van der Waals surface area (Å²) >= 11 is 2.48. The molecule has 11 heteroatoms. The molecule has 0 aliphatic carbocycles. The average molecular weight is 473 g/mol. The molecule has 1 heterocycles. The fourth-order valence-corrected chi connectivity index (χ4v) is 4.53. The van der Waals surface area contributed by atoms with Crippen LogP contribution in [0.2, 0.25) is 0 Å². The third kappa shape index (κ3) is 6.14. The molecule has 0 aliphatic heterocycles. The Morgan fingerprint density at radius 1 is 1.23 bits per heavy atom. The van der Waals surface area contributed by atoms with Crippen LogP contribution in [-0.2, 0) is 14.9 Å². The Morgan fingerprint density at radius 3 is 2.58 bits per heavy atom. The van der Waals surface area contributed by atoms with E-state index in [1.807, 2.05) is 13.0 Å². The molecule has 31 heavy (non-hydrogen) atoms. The predicted octanol–water partition coefficient (Wildman–Crippen LogP) is 3.96. The van der Waals surface area contributed by atoms with Gasteiger partial charge in [-0.3, -0.25) is 10.1 Å². The molecule has 0 aliphatic rings. The first-order valence-electron chi connectivity index (χ1n) is 8.90. The monoisotopic (exact) mass is 472 g/mol. The number of amides is 1. The standard InChI is InChI=1S/C20H16N4O4S3/c1-2-29-20-23-19(30-24-20)22-18(25)15(13-21)12-14-8-10-16(11-9-14)28-31(26,27)17-6-4-3-5-7-17/h3-12H,2H2,1H3,(H,22,23,24,25)/b15-12-. The molecule has 0 spiro atoms. The molecule has 0 radical (unpaired) electrons. The first-order valence-corrected chi connectivity index (χ1v) is 12.1. The van der Waals surface area contributed by atoms with Crippen LogP contribution in [0.1, 0.15) is 12.5 Å². The summed E-state index contributed by atoms with van der Waals surface area (Å²) in [6.45, 7) is 1.97. The van der Waals surface area contributed by atoms with E-state index in [0.29, 0.717) is 15.9 Å². The Kier molecular flexibility index (Phi) is 7.41. The quantitative estimate of drug-likeness (QED) is 0.226. The molecule has 8 nitrogen and oxygen atoms in total. The molecule has 0 saturated carbocycles. The second-order valence-corrected chi connectivity index (χ2v) is 9.39. The molecule has 0 atom stereocenters.